The summed E-state index contributed by atoms with van der Waals surface area (Å²) >= 11 is 0. The second-order valence-corrected chi connectivity index (χ2v) is 17.2. The van der Waals surface area contributed by atoms with Gasteiger partial charge in [-0.05, 0) is 109 Å². The zero-order chi connectivity index (χ0) is 30.5. The molecule has 6 rings (SSSR count). The molecule has 42 heavy (non-hydrogen) atoms. The van der Waals surface area contributed by atoms with Crippen LogP contribution in [0, 0.1) is 62.6 Å². The number of rotatable bonds is 3. The monoisotopic (exact) mass is 576 g/mol. The lowest BCUT2D eigenvalue weighted by atomic mass is 9.30. The number of hydrogen-bond donors (Lipinski definition) is 1. The third-order valence-corrected chi connectivity index (χ3v) is 15.6. The highest BCUT2D eigenvalue weighted by Crippen LogP contribution is 2.77. The molecule has 0 heterocycles. The summed E-state index contributed by atoms with van der Waals surface area (Å²) in [5.41, 5.74) is -1.73. The van der Waals surface area contributed by atoms with E-state index in [9.17, 15) is 14.7 Å². The molecule has 5 fully saturated rings. The van der Waals surface area contributed by atoms with Crippen molar-refractivity contribution in [2.45, 2.75) is 125 Å². The zero-order valence-electron chi connectivity index (χ0n) is 27.6. The van der Waals surface area contributed by atoms with E-state index in [4.69, 9.17) is 4.74 Å². The van der Waals surface area contributed by atoms with Gasteiger partial charge in [0.25, 0.3) is 0 Å². The van der Waals surface area contributed by atoms with Crippen LogP contribution in [0.2, 0.25) is 0 Å². The van der Waals surface area contributed by atoms with E-state index in [0.29, 0.717) is 11.3 Å². The summed E-state index contributed by atoms with van der Waals surface area (Å²) in [6.07, 6.45) is 9.13. The van der Waals surface area contributed by atoms with Crippen LogP contribution in [0.25, 0.3) is 0 Å². The molecule has 4 heteroatoms. The van der Waals surface area contributed by atoms with Gasteiger partial charge in [-0.15, -0.1) is 0 Å². The van der Waals surface area contributed by atoms with E-state index in [1.54, 1.807) is 0 Å². The second kappa shape index (κ2) is 9.66. The molecule has 11 atom stereocenters. The molecule has 5 aliphatic carbocycles. The van der Waals surface area contributed by atoms with Crippen LogP contribution in [-0.4, -0.2) is 22.5 Å². The first-order valence-electron chi connectivity index (χ1n) is 17.0. The third-order valence-electron chi connectivity index (χ3n) is 15.6. The number of carbonyl (C=O) groups is 2. The molecule has 1 aromatic carbocycles. The molecule has 5 saturated carbocycles. The fraction of sp³-hybridized carbons (Fsp3) is 0.789. The van der Waals surface area contributed by atoms with Gasteiger partial charge in [0.1, 0.15) is 12.4 Å². The summed E-state index contributed by atoms with van der Waals surface area (Å²) in [5, 5.41) is 12.7. The van der Waals surface area contributed by atoms with Crippen LogP contribution in [0.4, 0.5) is 0 Å². The Morgan fingerprint density at radius 2 is 1.55 bits per heavy atom. The summed E-state index contributed by atoms with van der Waals surface area (Å²) in [6, 6.07) is 9.66. The summed E-state index contributed by atoms with van der Waals surface area (Å²) in [4.78, 5) is 27.9. The van der Waals surface area contributed by atoms with E-state index in [1.807, 2.05) is 30.3 Å². The van der Waals surface area contributed by atoms with Gasteiger partial charge in [0, 0.05) is 17.3 Å². The van der Waals surface area contributed by atoms with E-state index >= 15 is 0 Å². The molecule has 1 N–H and O–H groups in total. The number of hydrogen-bond acceptors (Lipinski definition) is 4. The molecule has 4 nitrogen and oxygen atoms in total. The molecule has 1 unspecified atom stereocenters. The normalized spacial score (nSPS) is 49.6. The topological polar surface area (TPSA) is 63.6 Å². The molecule has 0 radical (unpaired) electrons. The van der Waals surface area contributed by atoms with Gasteiger partial charge in [-0.1, -0.05) is 85.7 Å². The number of aliphatic hydroxyl groups is 1. The zero-order valence-corrected chi connectivity index (χ0v) is 27.6. The van der Waals surface area contributed by atoms with Crippen LogP contribution in [-0.2, 0) is 20.9 Å². The van der Waals surface area contributed by atoms with Crippen molar-refractivity contribution < 1.29 is 19.4 Å². The minimum atomic E-state index is -1.83. The first kappa shape index (κ1) is 30.4. The molecule has 0 aliphatic heterocycles. The highest BCUT2D eigenvalue weighted by atomic mass is 16.5. The van der Waals surface area contributed by atoms with E-state index in [1.165, 1.54) is 25.7 Å². The van der Waals surface area contributed by atoms with Crippen molar-refractivity contribution in [1.29, 1.82) is 0 Å². The standard InChI is InChI=1S/C38H56O4/c1-24-16-18-34(5)20-21-35(6)27(31(34)25(24)2)14-15-29-36(35,7)19-17-28-33(3,4)30(39)22-38(41,37(28,29)8)32(40)42-23-26-12-10-9-11-13-26/h9-13,24-25,27-29,31,41H,14-23H2,1-8H3/t24-,25+,27-,28+,29+,31+,34-,35-,36-,37+,38?/m1/s1. The van der Waals surface area contributed by atoms with Gasteiger partial charge in [0.2, 0.25) is 0 Å². The van der Waals surface area contributed by atoms with Gasteiger partial charge >= 0.3 is 5.97 Å². The fourth-order valence-corrected chi connectivity index (χ4v) is 12.6. The first-order chi connectivity index (χ1) is 19.6. The Hall–Kier alpha value is -1.68. The maximum absolute atomic E-state index is 14.1. The highest BCUT2D eigenvalue weighted by molar-refractivity contribution is 5.94. The first-order valence-corrected chi connectivity index (χ1v) is 17.0. The average Bonchev–Trinajstić information content (AvgIpc) is 2.94. The lowest BCUT2D eigenvalue weighted by molar-refractivity contribution is -0.285. The SMILES string of the molecule is C[C@@H]1[C@H]2[C@H]3CC[C@@H]4[C@]5(C)[C@@H](CC[C@@]4(C)[C@]3(C)CC[C@@]2(C)CC[C@H]1C)C(C)(C)C(=O)CC5(O)C(=O)OCc1ccccc1. The smallest absolute Gasteiger partial charge is 0.339 e. The van der Waals surface area contributed by atoms with Crippen LogP contribution < -0.4 is 0 Å². The van der Waals surface area contributed by atoms with Crippen molar-refractivity contribution in [3.8, 4) is 0 Å². The van der Waals surface area contributed by atoms with E-state index in [2.05, 4.69) is 55.4 Å². The van der Waals surface area contributed by atoms with Gasteiger partial charge in [-0.2, -0.15) is 0 Å². The molecule has 232 valence electrons. The maximum atomic E-state index is 14.1. The average molecular weight is 577 g/mol. The van der Waals surface area contributed by atoms with Crippen molar-refractivity contribution >= 4 is 11.8 Å². The van der Waals surface area contributed by atoms with Crippen LogP contribution in [0.1, 0.15) is 119 Å². The van der Waals surface area contributed by atoms with Crippen LogP contribution in [0.3, 0.4) is 0 Å². The molecule has 0 aromatic heterocycles. The summed E-state index contributed by atoms with van der Waals surface area (Å²) in [7, 11) is 0. The maximum Gasteiger partial charge on any atom is 0.339 e. The molecule has 1 aromatic rings. The molecule has 5 aliphatic rings. The third kappa shape index (κ3) is 3.81. The summed E-state index contributed by atoms with van der Waals surface area (Å²) in [6.45, 7) is 19.1. The van der Waals surface area contributed by atoms with Crippen LogP contribution in [0.5, 0.6) is 0 Å². The quantitative estimate of drug-likeness (QED) is 0.367. The fourth-order valence-electron chi connectivity index (χ4n) is 12.6. The Morgan fingerprint density at radius 3 is 2.24 bits per heavy atom. The van der Waals surface area contributed by atoms with E-state index in [-0.39, 0.29) is 41.5 Å². The van der Waals surface area contributed by atoms with Crippen molar-refractivity contribution in [1.82, 2.24) is 0 Å². The number of esters is 1. The van der Waals surface area contributed by atoms with Gasteiger partial charge in [-0.25, -0.2) is 4.79 Å². The Bertz CT molecular complexity index is 1240. The van der Waals surface area contributed by atoms with Gasteiger partial charge in [-0.3, -0.25) is 4.79 Å². The van der Waals surface area contributed by atoms with E-state index in [0.717, 1.165) is 49.0 Å². The molecule has 0 spiro atoms. The Morgan fingerprint density at radius 1 is 0.857 bits per heavy atom. The van der Waals surface area contributed by atoms with Gasteiger partial charge < -0.3 is 9.84 Å². The minimum Gasteiger partial charge on any atom is -0.459 e. The number of ketones is 1. The highest BCUT2D eigenvalue weighted by Gasteiger charge is 2.76. The largest absolute Gasteiger partial charge is 0.459 e. The lowest BCUT2D eigenvalue weighted by Gasteiger charge is -2.74. The molecule has 0 amide bonds. The lowest BCUT2D eigenvalue weighted by Crippen LogP contribution is -2.74. The van der Waals surface area contributed by atoms with Crippen molar-refractivity contribution in [2.75, 3.05) is 0 Å². The predicted molar refractivity (Wildman–Crippen MR) is 166 cm³/mol. The molecule has 0 saturated heterocycles. The molecular formula is C38H56O4. The second-order valence-electron chi connectivity index (χ2n) is 17.2. The Kier molecular flexibility index (Phi) is 6.98. The van der Waals surface area contributed by atoms with Crippen molar-refractivity contribution in [3.05, 3.63) is 35.9 Å². The molecular weight excluding hydrogens is 520 g/mol. The number of Topliss-reactive ketones (excluding diaryl/α,β-unsaturated/α-hetero) is 1. The summed E-state index contributed by atoms with van der Waals surface area (Å²) < 4.78 is 5.91. The Labute approximate surface area is 254 Å². The number of fused-ring (bicyclic) bond motifs is 7. The predicted octanol–water partition coefficient (Wildman–Crippen LogP) is 8.40. The van der Waals surface area contributed by atoms with Gasteiger partial charge in [0.05, 0.1) is 0 Å². The number of ether oxygens (including phenoxy) is 1. The van der Waals surface area contributed by atoms with Crippen molar-refractivity contribution in [2.24, 2.45) is 62.6 Å². The van der Waals surface area contributed by atoms with Gasteiger partial charge in [0.15, 0.2) is 5.60 Å². The van der Waals surface area contributed by atoms with Crippen molar-refractivity contribution in [3.63, 3.8) is 0 Å². The summed E-state index contributed by atoms with van der Waals surface area (Å²) in [5.74, 6) is 2.33. The van der Waals surface area contributed by atoms with Crippen LogP contribution >= 0.6 is 0 Å². The van der Waals surface area contributed by atoms with Crippen LogP contribution in [0.15, 0.2) is 30.3 Å². The molecule has 0 bridgehead atoms. The Balaban J connectivity index is 1.41. The number of benzene rings is 1. The number of carbonyl (C=O) groups excluding carboxylic acids is 2. The van der Waals surface area contributed by atoms with E-state index < -0.39 is 22.4 Å². The minimum absolute atomic E-state index is 0.00825.